The molecule has 0 unspecified atom stereocenters. The molecule has 1 heterocycles. The number of carbonyl (C=O) groups excluding carboxylic acids is 1. The zero-order chi connectivity index (χ0) is 15.3. The van der Waals surface area contributed by atoms with Crippen molar-refractivity contribution in [1.29, 1.82) is 0 Å². The van der Waals surface area contributed by atoms with E-state index in [1.807, 2.05) is 0 Å². The van der Waals surface area contributed by atoms with Crippen LogP contribution in [-0.4, -0.2) is 49.8 Å². The van der Waals surface area contributed by atoms with Crippen molar-refractivity contribution in [3.63, 3.8) is 0 Å². The summed E-state index contributed by atoms with van der Waals surface area (Å²) in [5, 5.41) is 18.1. The topological polar surface area (TPSA) is 111 Å². The Bertz CT molecular complexity index is 483. The second-order valence-corrected chi connectivity index (χ2v) is 5.40. The Kier molecular flexibility index (Phi) is 5.06. The number of carboxylic acids is 1. The molecule has 112 valence electrons. The van der Waals surface area contributed by atoms with Gasteiger partial charge in [0.1, 0.15) is 5.82 Å². The summed E-state index contributed by atoms with van der Waals surface area (Å²) >= 11 is 0. The van der Waals surface area contributed by atoms with Crippen LogP contribution in [0.4, 0.5) is 4.79 Å². The van der Waals surface area contributed by atoms with Gasteiger partial charge in [0, 0.05) is 19.0 Å². The van der Waals surface area contributed by atoms with Gasteiger partial charge in [-0.3, -0.25) is 9.89 Å². The van der Waals surface area contributed by atoms with Crippen molar-refractivity contribution in [2.24, 2.45) is 0 Å². The molecule has 3 N–H and O–H groups in total. The van der Waals surface area contributed by atoms with E-state index >= 15 is 0 Å². The van der Waals surface area contributed by atoms with E-state index in [1.165, 1.54) is 4.90 Å². The lowest BCUT2D eigenvalue weighted by Crippen LogP contribution is -2.49. The molecule has 0 spiro atoms. The highest BCUT2D eigenvalue weighted by Crippen LogP contribution is 2.12. The number of aromatic nitrogens is 3. The van der Waals surface area contributed by atoms with Crippen LogP contribution in [0.1, 0.15) is 38.3 Å². The molecule has 2 amide bonds. The molecule has 0 aliphatic heterocycles. The largest absolute Gasteiger partial charge is 0.481 e. The Balaban J connectivity index is 2.50. The first kappa shape index (κ1) is 15.9. The van der Waals surface area contributed by atoms with E-state index in [4.69, 9.17) is 5.11 Å². The zero-order valence-electron chi connectivity index (χ0n) is 12.2. The Hall–Kier alpha value is -2.12. The SMILES string of the molecule is Cc1nc(CN(C)C(=O)NC(C)(C)CCC(=O)O)n[nH]1. The first-order valence-corrected chi connectivity index (χ1v) is 6.32. The fraction of sp³-hybridized carbons (Fsp3) is 0.667. The minimum atomic E-state index is -0.878. The summed E-state index contributed by atoms with van der Waals surface area (Å²) in [4.78, 5) is 28.2. The molecule has 20 heavy (non-hydrogen) atoms. The van der Waals surface area contributed by atoms with Crippen LogP contribution in [0, 0.1) is 6.92 Å². The monoisotopic (exact) mass is 283 g/mol. The summed E-state index contributed by atoms with van der Waals surface area (Å²) < 4.78 is 0. The first-order valence-electron chi connectivity index (χ1n) is 6.32. The molecule has 0 bridgehead atoms. The molecule has 0 radical (unpaired) electrons. The number of aryl methyl sites for hydroxylation is 1. The second kappa shape index (κ2) is 6.36. The number of aliphatic carboxylic acids is 1. The number of amides is 2. The number of hydrogen-bond donors (Lipinski definition) is 3. The third kappa shape index (κ3) is 5.25. The van der Waals surface area contributed by atoms with E-state index < -0.39 is 11.5 Å². The number of carboxylic acid groups (broad SMARTS) is 1. The highest BCUT2D eigenvalue weighted by Gasteiger charge is 2.23. The molecule has 8 nitrogen and oxygen atoms in total. The van der Waals surface area contributed by atoms with Gasteiger partial charge in [-0.2, -0.15) is 5.10 Å². The Morgan fingerprint density at radius 2 is 2.10 bits per heavy atom. The second-order valence-electron chi connectivity index (χ2n) is 5.40. The van der Waals surface area contributed by atoms with Crippen molar-refractivity contribution in [2.45, 2.75) is 45.7 Å². The van der Waals surface area contributed by atoms with Crippen molar-refractivity contribution < 1.29 is 14.7 Å². The molecule has 0 aromatic carbocycles. The molecule has 0 fully saturated rings. The summed E-state index contributed by atoms with van der Waals surface area (Å²) in [6.45, 7) is 5.65. The molecule has 8 heteroatoms. The van der Waals surface area contributed by atoms with Gasteiger partial charge in [0.15, 0.2) is 5.82 Å². The molecule has 1 aromatic rings. The maximum atomic E-state index is 12.0. The molecule has 0 atom stereocenters. The number of carbonyl (C=O) groups is 2. The first-order chi connectivity index (χ1) is 9.19. The van der Waals surface area contributed by atoms with Gasteiger partial charge >= 0.3 is 12.0 Å². The van der Waals surface area contributed by atoms with Gasteiger partial charge in [-0.15, -0.1) is 0 Å². The van der Waals surface area contributed by atoms with Gasteiger partial charge < -0.3 is 15.3 Å². The van der Waals surface area contributed by atoms with Crippen molar-refractivity contribution in [1.82, 2.24) is 25.4 Å². The standard InChI is InChI=1S/C12H21N5O3/c1-8-13-9(16-15-8)7-17(4)11(20)14-12(2,3)6-5-10(18)19/h5-7H2,1-4H3,(H,14,20)(H,18,19)(H,13,15,16). The van der Waals surface area contributed by atoms with Crippen molar-refractivity contribution >= 4 is 12.0 Å². The molecular formula is C12H21N5O3. The molecule has 0 aliphatic rings. The molecule has 1 rings (SSSR count). The minimum Gasteiger partial charge on any atom is -0.481 e. The highest BCUT2D eigenvalue weighted by atomic mass is 16.4. The number of H-pyrrole nitrogens is 1. The van der Waals surface area contributed by atoms with Gasteiger partial charge in [0.2, 0.25) is 0 Å². The van der Waals surface area contributed by atoms with Crippen LogP contribution in [0.25, 0.3) is 0 Å². The maximum Gasteiger partial charge on any atom is 0.317 e. The molecular weight excluding hydrogens is 262 g/mol. The Labute approximate surface area is 117 Å². The summed E-state index contributed by atoms with van der Waals surface area (Å²) in [7, 11) is 1.63. The van der Waals surface area contributed by atoms with E-state index in [2.05, 4.69) is 20.5 Å². The third-order valence-corrected chi connectivity index (χ3v) is 2.78. The summed E-state index contributed by atoms with van der Waals surface area (Å²) in [6, 6.07) is -0.289. The fourth-order valence-electron chi connectivity index (χ4n) is 1.61. The van der Waals surface area contributed by atoms with Crippen molar-refractivity contribution in [3.8, 4) is 0 Å². The van der Waals surface area contributed by atoms with E-state index in [0.717, 1.165) is 0 Å². The number of nitrogens with one attached hydrogen (secondary N) is 2. The van der Waals surface area contributed by atoms with Gasteiger partial charge in [-0.1, -0.05) is 0 Å². The van der Waals surface area contributed by atoms with Gasteiger partial charge in [0.05, 0.1) is 6.54 Å². The average Bonchev–Trinajstić information content (AvgIpc) is 2.71. The number of urea groups is 1. The average molecular weight is 283 g/mol. The number of nitrogens with zero attached hydrogens (tertiary/aromatic N) is 3. The van der Waals surface area contributed by atoms with E-state index in [9.17, 15) is 9.59 Å². The van der Waals surface area contributed by atoms with Crippen LogP contribution in [0.5, 0.6) is 0 Å². The highest BCUT2D eigenvalue weighted by molar-refractivity contribution is 5.74. The van der Waals surface area contributed by atoms with E-state index in [1.54, 1.807) is 27.8 Å². The van der Waals surface area contributed by atoms with E-state index in [0.29, 0.717) is 18.1 Å². The Morgan fingerprint density at radius 1 is 1.45 bits per heavy atom. The van der Waals surface area contributed by atoms with Gasteiger partial charge in [-0.25, -0.2) is 9.78 Å². The van der Waals surface area contributed by atoms with E-state index in [-0.39, 0.29) is 19.0 Å². The van der Waals surface area contributed by atoms with Crippen LogP contribution >= 0.6 is 0 Å². The number of rotatable bonds is 6. The summed E-state index contributed by atoms with van der Waals surface area (Å²) in [6.07, 6.45) is 0.374. The zero-order valence-corrected chi connectivity index (χ0v) is 12.2. The molecule has 0 saturated carbocycles. The molecule has 1 aromatic heterocycles. The van der Waals surface area contributed by atoms with Crippen LogP contribution < -0.4 is 5.32 Å². The lowest BCUT2D eigenvalue weighted by molar-refractivity contribution is -0.137. The lowest BCUT2D eigenvalue weighted by Gasteiger charge is -2.28. The summed E-state index contributed by atoms with van der Waals surface area (Å²) in [5.41, 5.74) is -0.585. The lowest BCUT2D eigenvalue weighted by atomic mass is 9.99. The smallest absolute Gasteiger partial charge is 0.317 e. The predicted molar refractivity (Wildman–Crippen MR) is 72.1 cm³/mol. The van der Waals surface area contributed by atoms with Crippen molar-refractivity contribution in [3.05, 3.63) is 11.6 Å². The number of aromatic amines is 1. The van der Waals surface area contributed by atoms with Crippen LogP contribution in [0.3, 0.4) is 0 Å². The third-order valence-electron chi connectivity index (χ3n) is 2.78. The maximum absolute atomic E-state index is 12.0. The van der Waals surface area contributed by atoms with Crippen LogP contribution in [-0.2, 0) is 11.3 Å². The molecule has 0 saturated heterocycles. The summed E-state index contributed by atoms with van der Waals surface area (Å²) in [5.74, 6) is 0.343. The van der Waals surface area contributed by atoms with Crippen LogP contribution in [0.2, 0.25) is 0 Å². The van der Waals surface area contributed by atoms with Gasteiger partial charge in [0.25, 0.3) is 0 Å². The normalized spacial score (nSPS) is 11.2. The van der Waals surface area contributed by atoms with Gasteiger partial charge in [-0.05, 0) is 27.2 Å². The minimum absolute atomic E-state index is 0.0110. The Morgan fingerprint density at radius 3 is 2.60 bits per heavy atom. The quantitative estimate of drug-likeness (QED) is 0.718. The fourth-order valence-corrected chi connectivity index (χ4v) is 1.61. The number of hydrogen-bond acceptors (Lipinski definition) is 4. The van der Waals surface area contributed by atoms with Crippen molar-refractivity contribution in [2.75, 3.05) is 7.05 Å². The molecule has 0 aliphatic carbocycles. The predicted octanol–water partition coefficient (Wildman–Crippen LogP) is 0.898. The van der Waals surface area contributed by atoms with Crippen LogP contribution in [0.15, 0.2) is 0 Å².